The Hall–Kier alpha value is -1.75. The van der Waals surface area contributed by atoms with E-state index in [-0.39, 0.29) is 6.54 Å². The third kappa shape index (κ3) is 1.92. The van der Waals surface area contributed by atoms with Crippen molar-refractivity contribution in [2.45, 2.75) is 42.4 Å². The third-order valence-corrected chi connectivity index (χ3v) is 4.62. The van der Waals surface area contributed by atoms with Crippen molar-refractivity contribution >= 4 is 17.8 Å². The molecule has 0 aromatic rings. The lowest BCUT2D eigenvalue weighted by Crippen LogP contribution is -2.60. The molecular formula is C12H16N2O8. The number of piperidine rings is 1. The van der Waals surface area contributed by atoms with Gasteiger partial charge in [0.15, 0.2) is 6.04 Å². The molecule has 3 aliphatic heterocycles. The van der Waals surface area contributed by atoms with Crippen LogP contribution in [0.15, 0.2) is 0 Å². The molecule has 122 valence electrons. The molecule has 10 nitrogen and oxygen atoms in total. The van der Waals surface area contributed by atoms with E-state index in [1.807, 2.05) is 0 Å². The number of ether oxygens (including phenoxy) is 1. The molecule has 3 heterocycles. The van der Waals surface area contributed by atoms with Crippen molar-refractivity contribution in [1.29, 1.82) is 0 Å². The van der Waals surface area contributed by atoms with Crippen LogP contribution in [0.2, 0.25) is 0 Å². The second kappa shape index (κ2) is 4.88. The molecule has 0 bridgehead atoms. The zero-order valence-corrected chi connectivity index (χ0v) is 11.3. The largest absolute Gasteiger partial charge is 0.481 e. The second-order valence-electron chi connectivity index (χ2n) is 5.86. The summed E-state index contributed by atoms with van der Waals surface area (Å²) >= 11 is 0. The van der Waals surface area contributed by atoms with Gasteiger partial charge in [0, 0.05) is 6.54 Å². The molecule has 3 saturated heterocycles. The first kappa shape index (κ1) is 15.2. The normalized spacial score (nSPS) is 46.7. The maximum Gasteiger partial charge on any atom is 0.329 e. The Balaban J connectivity index is 2.04. The third-order valence-electron chi connectivity index (χ3n) is 4.62. The molecule has 0 radical (unpaired) electrons. The van der Waals surface area contributed by atoms with Crippen molar-refractivity contribution in [2.75, 3.05) is 6.54 Å². The summed E-state index contributed by atoms with van der Waals surface area (Å²) < 4.78 is 5.60. The molecule has 0 aromatic carbocycles. The molecule has 7 atom stereocenters. The number of nitrogens with one attached hydrogen (secondary N) is 2. The molecule has 0 saturated carbocycles. The summed E-state index contributed by atoms with van der Waals surface area (Å²) in [6.07, 6.45) is -4.23. The van der Waals surface area contributed by atoms with Gasteiger partial charge in [-0.2, -0.15) is 0 Å². The summed E-state index contributed by atoms with van der Waals surface area (Å²) in [6, 6.07) is -2.29. The molecule has 3 aliphatic rings. The summed E-state index contributed by atoms with van der Waals surface area (Å²) in [7, 11) is 0. The number of carbonyl (C=O) groups excluding carboxylic acids is 1. The van der Waals surface area contributed by atoms with Crippen molar-refractivity contribution in [3.63, 3.8) is 0 Å². The van der Waals surface area contributed by atoms with E-state index in [9.17, 15) is 29.7 Å². The Labute approximate surface area is 124 Å². The maximum absolute atomic E-state index is 12.2. The summed E-state index contributed by atoms with van der Waals surface area (Å²) in [5.74, 6) is -4.44. The summed E-state index contributed by atoms with van der Waals surface area (Å²) in [5, 5.41) is 43.2. The SMILES string of the molecule is O=C(O)C[C@@]12O[C@H]3[C@H](O)[C@H](O)CN[C@H]3[C@@H]1C(=O)N[C@H]2C(=O)O. The lowest BCUT2D eigenvalue weighted by Gasteiger charge is -2.35. The van der Waals surface area contributed by atoms with Gasteiger partial charge in [-0.15, -0.1) is 0 Å². The Morgan fingerprint density at radius 2 is 2.00 bits per heavy atom. The average molecular weight is 316 g/mol. The van der Waals surface area contributed by atoms with Gasteiger partial charge in [-0.3, -0.25) is 9.59 Å². The van der Waals surface area contributed by atoms with E-state index >= 15 is 0 Å². The summed E-state index contributed by atoms with van der Waals surface area (Å²) in [6.45, 7) is -0.00361. The summed E-state index contributed by atoms with van der Waals surface area (Å²) in [4.78, 5) is 34.8. The minimum Gasteiger partial charge on any atom is -0.481 e. The van der Waals surface area contributed by atoms with Gasteiger partial charge in [-0.1, -0.05) is 0 Å². The number of amides is 1. The van der Waals surface area contributed by atoms with Gasteiger partial charge in [0.25, 0.3) is 0 Å². The fraction of sp³-hybridized carbons (Fsp3) is 0.750. The Bertz CT molecular complexity index is 539. The highest BCUT2D eigenvalue weighted by atomic mass is 16.5. The van der Waals surface area contributed by atoms with Crippen LogP contribution >= 0.6 is 0 Å². The first-order valence-electron chi connectivity index (χ1n) is 6.80. The van der Waals surface area contributed by atoms with Crippen LogP contribution in [0.3, 0.4) is 0 Å². The molecule has 1 amide bonds. The van der Waals surface area contributed by atoms with E-state index in [1.165, 1.54) is 0 Å². The predicted molar refractivity (Wildman–Crippen MR) is 66.7 cm³/mol. The fourth-order valence-corrected chi connectivity index (χ4v) is 3.75. The fourth-order valence-electron chi connectivity index (χ4n) is 3.75. The van der Waals surface area contributed by atoms with Crippen molar-refractivity contribution < 1.29 is 39.5 Å². The van der Waals surface area contributed by atoms with Crippen molar-refractivity contribution in [3.05, 3.63) is 0 Å². The van der Waals surface area contributed by atoms with Crippen LogP contribution in [0.4, 0.5) is 0 Å². The number of carbonyl (C=O) groups is 3. The highest BCUT2D eigenvalue weighted by Crippen LogP contribution is 2.47. The smallest absolute Gasteiger partial charge is 0.329 e. The number of aliphatic hydroxyl groups excluding tert-OH is 2. The van der Waals surface area contributed by atoms with Gasteiger partial charge in [0.05, 0.1) is 24.5 Å². The Kier molecular flexibility index (Phi) is 3.36. The number of fused-ring (bicyclic) bond motifs is 3. The lowest BCUT2D eigenvalue weighted by atomic mass is 9.78. The van der Waals surface area contributed by atoms with E-state index in [0.717, 1.165) is 0 Å². The van der Waals surface area contributed by atoms with Crippen LogP contribution in [-0.4, -0.2) is 80.8 Å². The van der Waals surface area contributed by atoms with Crippen molar-refractivity contribution in [1.82, 2.24) is 10.6 Å². The van der Waals surface area contributed by atoms with Gasteiger partial charge < -0.3 is 35.8 Å². The summed E-state index contributed by atoms with van der Waals surface area (Å²) in [5.41, 5.74) is -1.80. The number of aliphatic carboxylic acids is 2. The van der Waals surface area contributed by atoms with Gasteiger partial charge in [0.1, 0.15) is 17.8 Å². The monoisotopic (exact) mass is 316 g/mol. The maximum atomic E-state index is 12.2. The van der Waals surface area contributed by atoms with Gasteiger partial charge >= 0.3 is 11.9 Å². The predicted octanol–water partition coefficient (Wildman–Crippen LogP) is -3.51. The highest BCUT2D eigenvalue weighted by molar-refractivity contribution is 5.94. The van der Waals surface area contributed by atoms with E-state index in [4.69, 9.17) is 9.84 Å². The molecule has 22 heavy (non-hydrogen) atoms. The van der Waals surface area contributed by atoms with E-state index in [1.54, 1.807) is 0 Å². The number of hydrogen-bond donors (Lipinski definition) is 6. The number of carboxylic acid groups (broad SMARTS) is 2. The van der Waals surface area contributed by atoms with Crippen LogP contribution in [0.5, 0.6) is 0 Å². The molecule has 0 unspecified atom stereocenters. The number of β-amino-alcohol motifs (C(OH)–C–C–N with tert-alkyl or cyclic N) is 1. The molecule has 10 heteroatoms. The lowest BCUT2D eigenvalue weighted by molar-refractivity contribution is -0.168. The van der Waals surface area contributed by atoms with Crippen molar-refractivity contribution in [3.8, 4) is 0 Å². The van der Waals surface area contributed by atoms with Crippen molar-refractivity contribution in [2.24, 2.45) is 5.92 Å². The van der Waals surface area contributed by atoms with Crippen LogP contribution < -0.4 is 10.6 Å². The zero-order chi connectivity index (χ0) is 16.2. The molecule has 0 aromatic heterocycles. The highest BCUT2D eigenvalue weighted by Gasteiger charge is 2.70. The first-order chi connectivity index (χ1) is 10.3. The average Bonchev–Trinajstić information content (AvgIpc) is 2.87. The van der Waals surface area contributed by atoms with Crippen LogP contribution in [-0.2, 0) is 19.1 Å². The minimum absolute atomic E-state index is 0.00361. The Morgan fingerprint density at radius 1 is 1.32 bits per heavy atom. The molecule has 6 N–H and O–H groups in total. The van der Waals surface area contributed by atoms with Crippen LogP contribution in [0.25, 0.3) is 0 Å². The molecular weight excluding hydrogens is 300 g/mol. The van der Waals surface area contributed by atoms with Crippen LogP contribution in [0, 0.1) is 5.92 Å². The molecule has 0 aliphatic carbocycles. The number of hydrogen-bond acceptors (Lipinski definition) is 7. The minimum atomic E-state index is -1.80. The quantitative estimate of drug-likeness (QED) is 0.309. The molecule has 3 fully saturated rings. The van der Waals surface area contributed by atoms with E-state index in [2.05, 4.69) is 10.6 Å². The Morgan fingerprint density at radius 3 is 2.59 bits per heavy atom. The van der Waals surface area contributed by atoms with E-state index in [0.29, 0.717) is 0 Å². The topological polar surface area (TPSA) is 165 Å². The second-order valence-corrected chi connectivity index (χ2v) is 5.86. The molecule has 0 spiro atoms. The van der Waals surface area contributed by atoms with Crippen LogP contribution in [0.1, 0.15) is 6.42 Å². The number of aliphatic hydroxyl groups is 2. The molecule has 3 rings (SSSR count). The van der Waals surface area contributed by atoms with E-state index < -0.39 is 66.2 Å². The standard InChI is InChI=1S/C12H16N2O8/c15-3-2-13-6-5-10(19)14-9(11(20)21)12(5,1-4(16)17)22-8(6)7(3)18/h3,5-9,13,15,18H,1-2H2,(H,14,19)(H,16,17)(H,20,21)/t3-,5-,6+,7-,8-,9+,12-/m1/s1. The first-order valence-corrected chi connectivity index (χ1v) is 6.80. The number of rotatable bonds is 3. The number of carboxylic acids is 2. The van der Waals surface area contributed by atoms with Gasteiger partial charge in [-0.25, -0.2) is 4.79 Å². The van der Waals surface area contributed by atoms with Gasteiger partial charge in [-0.05, 0) is 0 Å². The zero-order valence-electron chi connectivity index (χ0n) is 11.3. The van der Waals surface area contributed by atoms with Gasteiger partial charge in [0.2, 0.25) is 5.91 Å².